The first-order chi connectivity index (χ1) is 17.9. The highest BCUT2D eigenvalue weighted by Crippen LogP contribution is 2.33. The van der Waals surface area contributed by atoms with Gasteiger partial charge in [0.05, 0.1) is 17.1 Å². The highest BCUT2D eigenvalue weighted by molar-refractivity contribution is 9.10. The lowest BCUT2D eigenvalue weighted by Crippen LogP contribution is -2.33. The molecule has 4 aromatic rings. The Hall–Kier alpha value is -3.28. The van der Waals surface area contributed by atoms with Crippen LogP contribution in [0.25, 0.3) is 11.0 Å². The van der Waals surface area contributed by atoms with Crippen LogP contribution in [0.3, 0.4) is 0 Å². The SMILES string of the molecule is CCN(c1ccc(Cl)cc1CN(Cc1ccc(Br)o1)C(C)=O)S(=O)(=O)c1ccc2oc(C(=O)O)c(C)c2c1. The molecule has 0 aliphatic rings. The van der Waals surface area contributed by atoms with E-state index in [1.807, 2.05) is 0 Å². The van der Waals surface area contributed by atoms with E-state index in [1.165, 1.54) is 34.3 Å². The smallest absolute Gasteiger partial charge is 0.372 e. The van der Waals surface area contributed by atoms with Gasteiger partial charge in [-0.1, -0.05) is 11.6 Å². The Morgan fingerprint density at radius 2 is 1.79 bits per heavy atom. The second kappa shape index (κ2) is 10.8. The van der Waals surface area contributed by atoms with Crippen LogP contribution in [0, 0.1) is 6.92 Å². The zero-order valence-electron chi connectivity index (χ0n) is 20.7. The second-order valence-corrected chi connectivity index (χ2v) is 11.6. The molecule has 2 aromatic heterocycles. The van der Waals surface area contributed by atoms with E-state index in [9.17, 15) is 23.1 Å². The minimum Gasteiger partial charge on any atom is -0.475 e. The summed E-state index contributed by atoms with van der Waals surface area (Å²) in [5.41, 5.74) is 1.49. The minimum absolute atomic E-state index is 0.0301. The van der Waals surface area contributed by atoms with Crippen LogP contribution in [0.2, 0.25) is 5.02 Å². The molecule has 9 nitrogen and oxygen atoms in total. The molecule has 38 heavy (non-hydrogen) atoms. The van der Waals surface area contributed by atoms with Crippen LogP contribution < -0.4 is 4.31 Å². The molecule has 0 spiro atoms. The number of amides is 1. The molecule has 200 valence electrons. The van der Waals surface area contributed by atoms with Gasteiger partial charge in [0, 0.05) is 36.0 Å². The normalized spacial score (nSPS) is 11.6. The molecule has 0 atom stereocenters. The summed E-state index contributed by atoms with van der Waals surface area (Å²) in [5.74, 6) is -1.15. The van der Waals surface area contributed by atoms with Gasteiger partial charge in [-0.05, 0) is 83.9 Å². The molecule has 0 radical (unpaired) electrons. The molecule has 12 heteroatoms. The van der Waals surface area contributed by atoms with Gasteiger partial charge in [0.1, 0.15) is 11.3 Å². The number of anilines is 1. The summed E-state index contributed by atoms with van der Waals surface area (Å²) in [5, 5.41) is 10.1. The first-order valence-electron chi connectivity index (χ1n) is 11.5. The van der Waals surface area contributed by atoms with Crippen LogP contribution in [0.4, 0.5) is 5.69 Å². The van der Waals surface area contributed by atoms with Crippen molar-refractivity contribution in [2.45, 2.75) is 38.8 Å². The van der Waals surface area contributed by atoms with Gasteiger partial charge < -0.3 is 18.8 Å². The van der Waals surface area contributed by atoms with Crippen LogP contribution in [-0.4, -0.2) is 36.8 Å². The topological polar surface area (TPSA) is 121 Å². The maximum absolute atomic E-state index is 13.9. The lowest BCUT2D eigenvalue weighted by molar-refractivity contribution is -0.130. The molecule has 0 saturated heterocycles. The average molecular weight is 624 g/mol. The Kier molecular flexibility index (Phi) is 7.91. The van der Waals surface area contributed by atoms with Gasteiger partial charge in [-0.3, -0.25) is 9.10 Å². The molecule has 0 aliphatic carbocycles. The monoisotopic (exact) mass is 622 g/mol. The van der Waals surface area contributed by atoms with Gasteiger partial charge in [0.25, 0.3) is 10.0 Å². The number of carboxylic acids is 1. The predicted octanol–water partition coefficient (Wildman–Crippen LogP) is 6.21. The highest BCUT2D eigenvalue weighted by Gasteiger charge is 2.28. The number of sulfonamides is 1. The number of carbonyl (C=O) groups excluding carboxylic acids is 1. The number of hydrogen-bond acceptors (Lipinski definition) is 6. The zero-order valence-corrected chi connectivity index (χ0v) is 23.9. The number of halogens is 2. The minimum atomic E-state index is -4.10. The van der Waals surface area contributed by atoms with E-state index in [4.69, 9.17) is 20.4 Å². The summed E-state index contributed by atoms with van der Waals surface area (Å²) in [6.07, 6.45) is 0. The number of carbonyl (C=O) groups is 2. The van der Waals surface area contributed by atoms with Crippen LogP contribution in [-0.2, 0) is 27.9 Å². The van der Waals surface area contributed by atoms with Crippen molar-refractivity contribution in [2.24, 2.45) is 0 Å². The van der Waals surface area contributed by atoms with Crippen molar-refractivity contribution >= 4 is 66.1 Å². The fourth-order valence-corrected chi connectivity index (χ4v) is 6.27. The van der Waals surface area contributed by atoms with Crippen molar-refractivity contribution in [3.05, 3.63) is 80.9 Å². The molecular weight excluding hydrogens is 600 g/mol. The van der Waals surface area contributed by atoms with Gasteiger partial charge in [0.15, 0.2) is 4.67 Å². The van der Waals surface area contributed by atoms with E-state index in [2.05, 4.69) is 15.9 Å². The van der Waals surface area contributed by atoms with Crippen molar-refractivity contribution in [3.63, 3.8) is 0 Å². The van der Waals surface area contributed by atoms with Crippen LogP contribution in [0.15, 0.2) is 66.9 Å². The number of hydrogen-bond donors (Lipinski definition) is 1. The number of rotatable bonds is 9. The highest BCUT2D eigenvalue weighted by atomic mass is 79.9. The van der Waals surface area contributed by atoms with Crippen molar-refractivity contribution < 1.29 is 31.9 Å². The van der Waals surface area contributed by atoms with E-state index in [0.29, 0.717) is 37.7 Å². The number of aryl methyl sites for hydroxylation is 1. The van der Waals surface area contributed by atoms with E-state index in [0.717, 1.165) is 0 Å². The van der Waals surface area contributed by atoms with Crippen molar-refractivity contribution in [1.29, 1.82) is 0 Å². The molecular formula is C26H24BrClN2O7S. The summed E-state index contributed by atoms with van der Waals surface area (Å²) < 4.78 is 40.4. The molecule has 2 heterocycles. The summed E-state index contributed by atoms with van der Waals surface area (Å²) in [6.45, 7) is 5.03. The van der Waals surface area contributed by atoms with E-state index in [-0.39, 0.29) is 41.8 Å². The maximum atomic E-state index is 13.9. The number of aromatic carboxylic acids is 1. The van der Waals surface area contributed by atoms with E-state index >= 15 is 0 Å². The number of fused-ring (bicyclic) bond motifs is 1. The standard InChI is InChI=1S/C26H24BrClN2O7S/c1-4-30(38(34,35)20-7-9-23-21(12-20)15(2)25(37-23)26(32)33)22-8-5-18(28)11-17(22)13-29(16(3)31)14-19-6-10-24(27)36-19/h5-12H,4,13-14H2,1-3H3,(H,32,33). The Bertz CT molecular complexity index is 1640. The third-order valence-electron chi connectivity index (χ3n) is 6.07. The molecule has 1 amide bonds. The third kappa shape index (κ3) is 5.45. The van der Waals surface area contributed by atoms with Gasteiger partial charge in [-0.25, -0.2) is 13.2 Å². The fourth-order valence-electron chi connectivity index (χ4n) is 4.19. The zero-order chi connectivity index (χ0) is 27.8. The van der Waals surface area contributed by atoms with Crippen molar-refractivity contribution in [1.82, 2.24) is 4.90 Å². The molecule has 0 aliphatic heterocycles. The largest absolute Gasteiger partial charge is 0.475 e. The number of furan rings is 2. The first-order valence-corrected chi connectivity index (χ1v) is 14.1. The van der Waals surface area contributed by atoms with Gasteiger partial charge in [0.2, 0.25) is 11.7 Å². The second-order valence-electron chi connectivity index (χ2n) is 8.54. The number of nitrogens with zero attached hydrogens (tertiary/aromatic N) is 2. The Balaban J connectivity index is 1.75. The van der Waals surface area contributed by atoms with Crippen LogP contribution in [0.5, 0.6) is 0 Å². The Labute approximate surface area is 232 Å². The van der Waals surface area contributed by atoms with Crippen LogP contribution in [0.1, 0.15) is 41.3 Å². The average Bonchev–Trinajstić information content (AvgIpc) is 3.42. The molecule has 2 aromatic carbocycles. The fraction of sp³-hybridized carbons (Fsp3) is 0.231. The summed E-state index contributed by atoms with van der Waals surface area (Å²) in [7, 11) is -4.10. The van der Waals surface area contributed by atoms with E-state index < -0.39 is 16.0 Å². The molecule has 4 rings (SSSR count). The van der Waals surface area contributed by atoms with Crippen molar-refractivity contribution in [3.8, 4) is 0 Å². The molecule has 0 unspecified atom stereocenters. The lowest BCUT2D eigenvalue weighted by Gasteiger charge is -2.28. The lowest BCUT2D eigenvalue weighted by atomic mass is 10.1. The Morgan fingerprint density at radius 1 is 1.05 bits per heavy atom. The van der Waals surface area contributed by atoms with Gasteiger partial charge in [-0.15, -0.1) is 0 Å². The van der Waals surface area contributed by atoms with Crippen LogP contribution >= 0.6 is 27.5 Å². The molecule has 0 bridgehead atoms. The summed E-state index contributed by atoms with van der Waals surface area (Å²) in [6, 6.07) is 12.5. The van der Waals surface area contributed by atoms with Gasteiger partial charge in [-0.2, -0.15) is 0 Å². The quantitative estimate of drug-likeness (QED) is 0.235. The molecule has 0 saturated carbocycles. The Morgan fingerprint density at radius 3 is 2.39 bits per heavy atom. The maximum Gasteiger partial charge on any atom is 0.372 e. The molecule has 1 N–H and O–H groups in total. The predicted molar refractivity (Wildman–Crippen MR) is 146 cm³/mol. The number of carboxylic acid groups (broad SMARTS) is 1. The van der Waals surface area contributed by atoms with Gasteiger partial charge >= 0.3 is 5.97 Å². The third-order valence-corrected chi connectivity index (χ3v) is 8.62. The summed E-state index contributed by atoms with van der Waals surface area (Å²) >= 11 is 9.53. The molecule has 0 fully saturated rings. The van der Waals surface area contributed by atoms with E-state index in [1.54, 1.807) is 44.2 Å². The first kappa shape index (κ1) is 27.7. The summed E-state index contributed by atoms with van der Waals surface area (Å²) in [4.78, 5) is 25.4. The number of benzene rings is 2. The van der Waals surface area contributed by atoms with Crippen molar-refractivity contribution in [2.75, 3.05) is 10.8 Å².